The average Bonchev–Trinajstić information content (AvgIpc) is 2.42. The lowest BCUT2D eigenvalue weighted by Gasteiger charge is -2.13. The van der Waals surface area contributed by atoms with Gasteiger partial charge in [-0.2, -0.15) is 0 Å². The van der Waals surface area contributed by atoms with Crippen molar-refractivity contribution in [1.29, 1.82) is 0 Å². The Morgan fingerprint density at radius 2 is 1.86 bits per heavy atom. The molecule has 0 aliphatic heterocycles. The number of anilines is 3. The summed E-state index contributed by atoms with van der Waals surface area (Å²) >= 11 is 3.43. The van der Waals surface area contributed by atoms with Gasteiger partial charge in [-0.25, -0.2) is 8.42 Å². The van der Waals surface area contributed by atoms with Gasteiger partial charge in [0.25, 0.3) is 0 Å². The van der Waals surface area contributed by atoms with Crippen molar-refractivity contribution < 1.29 is 13.2 Å². The second-order valence-corrected chi connectivity index (χ2v) is 7.36. The maximum absolute atomic E-state index is 11.5. The molecule has 0 aromatic heterocycles. The maximum atomic E-state index is 11.5. The number of methoxy groups -OCH3 is 1. The predicted molar refractivity (Wildman–Crippen MR) is 87.9 cm³/mol. The number of ether oxygens (including phenoxy) is 1. The minimum atomic E-state index is -3.27. The Hall–Kier alpha value is -1.73. The van der Waals surface area contributed by atoms with Gasteiger partial charge in [-0.1, -0.05) is 0 Å². The van der Waals surface area contributed by atoms with Gasteiger partial charge in [-0.3, -0.25) is 0 Å². The molecule has 21 heavy (non-hydrogen) atoms. The highest BCUT2D eigenvalue weighted by atomic mass is 79.9. The van der Waals surface area contributed by atoms with E-state index in [4.69, 9.17) is 10.5 Å². The van der Waals surface area contributed by atoms with E-state index in [1.54, 1.807) is 13.2 Å². The maximum Gasteiger partial charge on any atom is 0.175 e. The Morgan fingerprint density at radius 3 is 2.43 bits per heavy atom. The van der Waals surface area contributed by atoms with Crippen LogP contribution in [0.2, 0.25) is 0 Å². The van der Waals surface area contributed by atoms with Gasteiger partial charge in [0.15, 0.2) is 9.84 Å². The van der Waals surface area contributed by atoms with E-state index in [2.05, 4.69) is 21.2 Å². The standard InChI is InChI=1S/C14H15BrN2O3S/c1-20-9-3-5-11(15)14(7-9)17-13-6-4-10(8-12(13)16)21(2,18)19/h3-8,17H,16H2,1-2H3. The summed E-state index contributed by atoms with van der Waals surface area (Å²) in [6.07, 6.45) is 1.15. The summed E-state index contributed by atoms with van der Waals surface area (Å²) < 4.78 is 29.0. The third-order valence-electron chi connectivity index (χ3n) is 2.89. The van der Waals surface area contributed by atoms with Gasteiger partial charge in [0.1, 0.15) is 5.75 Å². The summed E-state index contributed by atoms with van der Waals surface area (Å²) in [4.78, 5) is 0.190. The van der Waals surface area contributed by atoms with Gasteiger partial charge < -0.3 is 15.8 Å². The third kappa shape index (κ3) is 3.68. The SMILES string of the molecule is COc1ccc(Br)c(Nc2ccc(S(C)(=O)=O)cc2N)c1. The molecule has 2 aromatic carbocycles. The van der Waals surface area contributed by atoms with Crippen LogP contribution < -0.4 is 15.8 Å². The van der Waals surface area contributed by atoms with Crippen LogP contribution in [0.3, 0.4) is 0 Å². The average molecular weight is 371 g/mol. The first-order valence-corrected chi connectivity index (χ1v) is 8.70. The predicted octanol–water partition coefficient (Wildman–Crippen LogP) is 3.19. The minimum Gasteiger partial charge on any atom is -0.497 e. The molecule has 0 amide bonds. The van der Waals surface area contributed by atoms with Crippen LogP contribution in [0.15, 0.2) is 45.8 Å². The molecule has 0 aliphatic rings. The van der Waals surface area contributed by atoms with Crippen LogP contribution in [0.5, 0.6) is 5.75 Å². The first kappa shape index (κ1) is 15.7. The van der Waals surface area contributed by atoms with Gasteiger partial charge >= 0.3 is 0 Å². The van der Waals surface area contributed by atoms with Crippen LogP contribution in [-0.2, 0) is 9.84 Å². The van der Waals surface area contributed by atoms with Gasteiger partial charge in [0, 0.05) is 16.8 Å². The molecule has 0 heterocycles. The molecule has 0 unspecified atom stereocenters. The quantitative estimate of drug-likeness (QED) is 0.807. The number of nitrogens with one attached hydrogen (secondary N) is 1. The Labute approximate surface area is 132 Å². The number of hydrogen-bond acceptors (Lipinski definition) is 5. The number of rotatable bonds is 4. The zero-order valence-electron chi connectivity index (χ0n) is 11.6. The van der Waals surface area contributed by atoms with Crippen LogP contribution in [0.1, 0.15) is 0 Å². The monoisotopic (exact) mass is 370 g/mol. The molecule has 3 N–H and O–H groups in total. The summed E-state index contributed by atoms with van der Waals surface area (Å²) in [5.41, 5.74) is 7.66. The zero-order valence-corrected chi connectivity index (χ0v) is 14.0. The summed E-state index contributed by atoms with van der Waals surface area (Å²) in [6, 6.07) is 10.1. The molecule has 0 fully saturated rings. The van der Waals surface area contributed by atoms with Crippen molar-refractivity contribution in [2.24, 2.45) is 0 Å². The Morgan fingerprint density at radius 1 is 1.14 bits per heavy atom. The molecule has 7 heteroatoms. The number of hydrogen-bond donors (Lipinski definition) is 2. The lowest BCUT2D eigenvalue weighted by molar-refractivity contribution is 0.415. The highest BCUT2D eigenvalue weighted by Gasteiger charge is 2.10. The smallest absolute Gasteiger partial charge is 0.175 e. The van der Waals surface area contributed by atoms with E-state index in [0.29, 0.717) is 17.1 Å². The lowest BCUT2D eigenvalue weighted by atomic mass is 10.2. The van der Waals surface area contributed by atoms with Gasteiger partial charge in [-0.15, -0.1) is 0 Å². The largest absolute Gasteiger partial charge is 0.497 e. The van der Waals surface area contributed by atoms with Crippen molar-refractivity contribution in [3.63, 3.8) is 0 Å². The van der Waals surface area contributed by atoms with Crippen molar-refractivity contribution in [1.82, 2.24) is 0 Å². The normalized spacial score (nSPS) is 11.2. The molecule has 112 valence electrons. The molecule has 0 atom stereocenters. The van der Waals surface area contributed by atoms with Crippen LogP contribution in [-0.4, -0.2) is 21.8 Å². The summed E-state index contributed by atoms with van der Waals surface area (Å²) in [5.74, 6) is 0.701. The third-order valence-corrected chi connectivity index (χ3v) is 4.70. The molecular weight excluding hydrogens is 356 g/mol. The molecule has 0 saturated heterocycles. The van der Waals surface area contributed by atoms with Crippen molar-refractivity contribution in [2.75, 3.05) is 24.4 Å². The molecule has 0 bridgehead atoms. The highest BCUT2D eigenvalue weighted by molar-refractivity contribution is 9.10. The van der Waals surface area contributed by atoms with Crippen molar-refractivity contribution in [2.45, 2.75) is 4.90 Å². The van der Waals surface area contributed by atoms with E-state index in [9.17, 15) is 8.42 Å². The molecule has 2 aromatic rings. The molecule has 0 radical (unpaired) electrons. The molecular formula is C14H15BrN2O3S. The fourth-order valence-corrected chi connectivity index (χ4v) is 2.76. The molecule has 2 rings (SSSR count). The van der Waals surface area contributed by atoms with Crippen LogP contribution in [0, 0.1) is 0 Å². The molecule has 0 saturated carbocycles. The number of halogens is 1. The van der Waals surface area contributed by atoms with E-state index in [1.807, 2.05) is 18.2 Å². The van der Waals surface area contributed by atoms with E-state index < -0.39 is 9.84 Å². The first-order chi connectivity index (χ1) is 9.81. The fourth-order valence-electron chi connectivity index (χ4n) is 1.76. The Balaban J connectivity index is 2.36. The molecule has 5 nitrogen and oxygen atoms in total. The topological polar surface area (TPSA) is 81.4 Å². The Bertz CT molecular complexity index is 776. The number of nitrogens with two attached hydrogens (primary N) is 1. The van der Waals surface area contributed by atoms with Crippen molar-refractivity contribution in [3.8, 4) is 5.75 Å². The number of nitrogen functional groups attached to an aromatic ring is 1. The van der Waals surface area contributed by atoms with Gasteiger partial charge in [-0.05, 0) is 46.3 Å². The first-order valence-electron chi connectivity index (χ1n) is 6.01. The van der Waals surface area contributed by atoms with Crippen molar-refractivity contribution in [3.05, 3.63) is 40.9 Å². The van der Waals surface area contributed by atoms with E-state index >= 15 is 0 Å². The van der Waals surface area contributed by atoms with E-state index in [1.165, 1.54) is 12.1 Å². The van der Waals surface area contributed by atoms with Crippen LogP contribution in [0.4, 0.5) is 17.1 Å². The minimum absolute atomic E-state index is 0.190. The van der Waals surface area contributed by atoms with E-state index in [0.717, 1.165) is 16.4 Å². The van der Waals surface area contributed by atoms with Crippen molar-refractivity contribution >= 4 is 42.8 Å². The summed E-state index contributed by atoms with van der Waals surface area (Å²) in [5, 5.41) is 3.15. The molecule has 0 spiro atoms. The molecule has 0 aliphatic carbocycles. The van der Waals surface area contributed by atoms with E-state index in [-0.39, 0.29) is 4.90 Å². The number of benzene rings is 2. The van der Waals surface area contributed by atoms with Crippen LogP contribution in [0.25, 0.3) is 0 Å². The highest BCUT2D eigenvalue weighted by Crippen LogP contribution is 2.32. The second-order valence-electron chi connectivity index (χ2n) is 4.49. The number of sulfone groups is 1. The summed E-state index contributed by atoms with van der Waals surface area (Å²) in [6.45, 7) is 0. The second kappa shape index (κ2) is 5.95. The zero-order chi connectivity index (χ0) is 15.6. The fraction of sp³-hybridized carbons (Fsp3) is 0.143. The van der Waals surface area contributed by atoms with Gasteiger partial charge in [0.05, 0.1) is 29.1 Å². The summed E-state index contributed by atoms with van der Waals surface area (Å²) in [7, 11) is -1.69. The van der Waals surface area contributed by atoms with Crippen LogP contribution >= 0.6 is 15.9 Å². The van der Waals surface area contributed by atoms with Gasteiger partial charge in [0.2, 0.25) is 0 Å². The lowest BCUT2D eigenvalue weighted by Crippen LogP contribution is -2.02. The Kier molecular flexibility index (Phi) is 4.43.